The fraction of sp³-hybridized carbons (Fsp3) is 0.533. The number of amides is 1. The topological polar surface area (TPSA) is 32.3 Å². The molecule has 1 amide bonds. The third-order valence-corrected chi connectivity index (χ3v) is 3.57. The van der Waals surface area contributed by atoms with E-state index in [-0.39, 0.29) is 11.9 Å². The molecule has 0 bridgehead atoms. The van der Waals surface area contributed by atoms with Gasteiger partial charge >= 0.3 is 0 Å². The Bertz CT molecular complexity index is 427. The second kappa shape index (κ2) is 5.89. The summed E-state index contributed by atoms with van der Waals surface area (Å²) >= 11 is 0. The number of nitrogens with zero attached hydrogens (tertiary/aromatic N) is 1. The van der Waals surface area contributed by atoms with Crippen LogP contribution in [0, 0.1) is 12.8 Å². The summed E-state index contributed by atoms with van der Waals surface area (Å²) in [6.07, 6.45) is 0. The summed E-state index contributed by atoms with van der Waals surface area (Å²) in [5.74, 6) is 0.519. The number of rotatable bonds is 4. The summed E-state index contributed by atoms with van der Waals surface area (Å²) in [7, 11) is 3.71. The van der Waals surface area contributed by atoms with E-state index in [1.807, 2.05) is 44.1 Å². The van der Waals surface area contributed by atoms with Crippen molar-refractivity contribution in [2.24, 2.45) is 5.92 Å². The van der Waals surface area contributed by atoms with E-state index in [0.29, 0.717) is 5.92 Å². The first-order chi connectivity index (χ1) is 8.38. The van der Waals surface area contributed by atoms with Crippen molar-refractivity contribution in [3.63, 3.8) is 0 Å². The first kappa shape index (κ1) is 14.6. The average molecular weight is 248 g/mol. The van der Waals surface area contributed by atoms with Crippen LogP contribution in [0.3, 0.4) is 0 Å². The number of nitrogens with one attached hydrogen (secondary N) is 1. The Kier molecular flexibility index (Phi) is 4.76. The van der Waals surface area contributed by atoms with Crippen LogP contribution in [0.1, 0.15) is 36.7 Å². The number of hydrogen-bond acceptors (Lipinski definition) is 2. The van der Waals surface area contributed by atoms with E-state index in [2.05, 4.69) is 26.1 Å². The predicted molar refractivity (Wildman–Crippen MR) is 77.1 cm³/mol. The van der Waals surface area contributed by atoms with Crippen LogP contribution in [0.4, 0.5) is 5.69 Å². The van der Waals surface area contributed by atoms with Crippen molar-refractivity contribution in [3.05, 3.63) is 29.3 Å². The van der Waals surface area contributed by atoms with Crippen molar-refractivity contribution in [3.8, 4) is 0 Å². The van der Waals surface area contributed by atoms with Gasteiger partial charge in [0.05, 0.1) is 5.56 Å². The van der Waals surface area contributed by atoms with Crippen LogP contribution in [0.15, 0.2) is 18.2 Å². The van der Waals surface area contributed by atoms with Crippen molar-refractivity contribution >= 4 is 11.6 Å². The molecule has 0 radical (unpaired) electrons. The molecule has 0 saturated heterocycles. The van der Waals surface area contributed by atoms with Gasteiger partial charge in [-0.2, -0.15) is 0 Å². The number of carbonyl (C=O) groups excluding carboxylic acids is 1. The van der Waals surface area contributed by atoms with E-state index < -0.39 is 0 Å². The normalized spacial score (nSPS) is 12.4. The number of carbonyl (C=O) groups is 1. The number of benzene rings is 1. The fourth-order valence-corrected chi connectivity index (χ4v) is 1.88. The van der Waals surface area contributed by atoms with Gasteiger partial charge < -0.3 is 10.2 Å². The molecule has 0 aromatic heterocycles. The molecule has 0 spiro atoms. The van der Waals surface area contributed by atoms with E-state index in [0.717, 1.165) is 16.8 Å². The lowest BCUT2D eigenvalue weighted by molar-refractivity contribution is 0.0708. The van der Waals surface area contributed by atoms with Crippen LogP contribution < -0.4 is 5.32 Å². The van der Waals surface area contributed by atoms with Gasteiger partial charge in [0.15, 0.2) is 0 Å². The molecule has 0 fully saturated rings. The molecule has 1 rings (SSSR count). The maximum Gasteiger partial charge on any atom is 0.255 e. The number of anilines is 1. The van der Waals surface area contributed by atoms with Gasteiger partial charge in [0.2, 0.25) is 0 Å². The second-order valence-electron chi connectivity index (χ2n) is 5.20. The number of hydrogen-bond donors (Lipinski definition) is 1. The molecule has 1 aromatic rings. The SMILES string of the molecule is CNc1ccc(C)cc1C(=O)N(C)C(C)C(C)C. The van der Waals surface area contributed by atoms with E-state index >= 15 is 0 Å². The van der Waals surface area contributed by atoms with Crippen LogP contribution >= 0.6 is 0 Å². The molecule has 0 saturated carbocycles. The molecular formula is C15H24N2O. The minimum Gasteiger partial charge on any atom is -0.387 e. The van der Waals surface area contributed by atoms with Gasteiger partial charge in [0.25, 0.3) is 5.91 Å². The summed E-state index contributed by atoms with van der Waals surface area (Å²) < 4.78 is 0. The minimum atomic E-state index is 0.0734. The highest BCUT2D eigenvalue weighted by Gasteiger charge is 2.21. The van der Waals surface area contributed by atoms with Gasteiger partial charge in [0, 0.05) is 25.8 Å². The standard InChI is InChI=1S/C15H24N2O/c1-10(2)12(4)17(6)15(18)13-9-11(3)7-8-14(13)16-5/h7-10,12,16H,1-6H3. The van der Waals surface area contributed by atoms with Crippen molar-refractivity contribution < 1.29 is 4.79 Å². The first-order valence-electron chi connectivity index (χ1n) is 6.44. The van der Waals surface area contributed by atoms with Gasteiger partial charge in [-0.15, -0.1) is 0 Å². The summed E-state index contributed by atoms with van der Waals surface area (Å²) in [4.78, 5) is 14.3. The van der Waals surface area contributed by atoms with E-state index in [9.17, 15) is 4.79 Å². The quantitative estimate of drug-likeness (QED) is 0.887. The molecule has 0 aliphatic heterocycles. The molecule has 1 aromatic carbocycles. The van der Waals surface area contributed by atoms with Crippen LogP contribution in [-0.2, 0) is 0 Å². The molecule has 3 heteroatoms. The molecule has 1 N–H and O–H groups in total. The average Bonchev–Trinajstić information content (AvgIpc) is 2.35. The van der Waals surface area contributed by atoms with Crippen molar-refractivity contribution in [2.45, 2.75) is 33.7 Å². The Labute approximate surface area is 110 Å². The summed E-state index contributed by atoms with van der Waals surface area (Å²) in [5.41, 5.74) is 2.73. The zero-order valence-electron chi connectivity index (χ0n) is 12.2. The second-order valence-corrected chi connectivity index (χ2v) is 5.20. The maximum absolute atomic E-state index is 12.5. The highest BCUT2D eigenvalue weighted by molar-refractivity contribution is 5.99. The monoisotopic (exact) mass is 248 g/mol. The van der Waals surface area contributed by atoms with Crippen LogP contribution in [-0.4, -0.2) is 30.9 Å². The lowest BCUT2D eigenvalue weighted by atomic mass is 10.0. The van der Waals surface area contributed by atoms with Gasteiger partial charge in [-0.25, -0.2) is 0 Å². The Hall–Kier alpha value is -1.51. The van der Waals surface area contributed by atoms with Crippen molar-refractivity contribution in [2.75, 3.05) is 19.4 Å². The van der Waals surface area contributed by atoms with Gasteiger partial charge in [-0.3, -0.25) is 4.79 Å². The summed E-state index contributed by atoms with van der Waals surface area (Å²) in [5, 5.41) is 3.08. The van der Waals surface area contributed by atoms with Gasteiger partial charge in [-0.1, -0.05) is 25.5 Å². The van der Waals surface area contributed by atoms with Crippen molar-refractivity contribution in [1.82, 2.24) is 4.90 Å². The lowest BCUT2D eigenvalue weighted by Crippen LogP contribution is -2.38. The Morgan fingerprint density at radius 1 is 1.28 bits per heavy atom. The smallest absolute Gasteiger partial charge is 0.255 e. The third-order valence-electron chi connectivity index (χ3n) is 3.57. The Balaban J connectivity index is 3.06. The highest BCUT2D eigenvalue weighted by Crippen LogP contribution is 2.20. The molecule has 3 nitrogen and oxygen atoms in total. The molecule has 1 atom stereocenters. The zero-order valence-corrected chi connectivity index (χ0v) is 12.2. The minimum absolute atomic E-state index is 0.0734. The summed E-state index contributed by atoms with van der Waals surface area (Å²) in [6, 6.07) is 6.13. The third kappa shape index (κ3) is 3.03. The molecule has 18 heavy (non-hydrogen) atoms. The predicted octanol–water partition coefficient (Wildman–Crippen LogP) is 3.15. The van der Waals surface area contributed by atoms with Crippen LogP contribution in [0.5, 0.6) is 0 Å². The highest BCUT2D eigenvalue weighted by atomic mass is 16.2. The van der Waals surface area contributed by atoms with E-state index in [1.165, 1.54) is 0 Å². The lowest BCUT2D eigenvalue weighted by Gasteiger charge is -2.28. The molecule has 0 aliphatic rings. The Morgan fingerprint density at radius 3 is 2.39 bits per heavy atom. The number of aryl methyl sites for hydroxylation is 1. The molecule has 1 unspecified atom stereocenters. The zero-order chi connectivity index (χ0) is 13.9. The van der Waals surface area contributed by atoms with Crippen LogP contribution in [0.25, 0.3) is 0 Å². The molecular weight excluding hydrogens is 224 g/mol. The van der Waals surface area contributed by atoms with Gasteiger partial charge in [0.1, 0.15) is 0 Å². The molecule has 0 heterocycles. The van der Waals surface area contributed by atoms with E-state index in [4.69, 9.17) is 0 Å². The largest absolute Gasteiger partial charge is 0.387 e. The fourth-order valence-electron chi connectivity index (χ4n) is 1.88. The first-order valence-corrected chi connectivity index (χ1v) is 6.44. The van der Waals surface area contributed by atoms with Crippen LogP contribution in [0.2, 0.25) is 0 Å². The van der Waals surface area contributed by atoms with Gasteiger partial charge in [-0.05, 0) is 31.9 Å². The molecule has 0 aliphatic carbocycles. The van der Waals surface area contributed by atoms with Crippen molar-refractivity contribution in [1.29, 1.82) is 0 Å². The Morgan fingerprint density at radius 2 is 1.89 bits per heavy atom. The maximum atomic E-state index is 12.5. The summed E-state index contributed by atoms with van der Waals surface area (Å²) in [6.45, 7) is 8.34. The molecule has 100 valence electrons. The van der Waals surface area contributed by atoms with E-state index in [1.54, 1.807) is 0 Å².